The van der Waals surface area contributed by atoms with Crippen LogP contribution in [-0.2, 0) is 6.42 Å². The van der Waals surface area contributed by atoms with Crippen molar-refractivity contribution in [3.05, 3.63) is 64.2 Å². The van der Waals surface area contributed by atoms with E-state index in [-0.39, 0.29) is 0 Å². The average molecular weight is 258 g/mol. The summed E-state index contributed by atoms with van der Waals surface area (Å²) >= 11 is 6.02. The van der Waals surface area contributed by atoms with Gasteiger partial charge in [0.25, 0.3) is 0 Å². The second-order valence-electron chi connectivity index (χ2n) is 3.92. The van der Waals surface area contributed by atoms with Crippen LogP contribution in [0.1, 0.15) is 16.7 Å². The van der Waals surface area contributed by atoms with Gasteiger partial charge in [-0.3, -0.25) is 0 Å². The fourth-order valence-electron chi connectivity index (χ4n) is 1.92. The van der Waals surface area contributed by atoms with Crippen molar-refractivity contribution in [1.29, 1.82) is 5.26 Å². The second kappa shape index (κ2) is 5.57. The molecule has 0 saturated carbocycles. The smallest absolute Gasteiger partial charge is 0.140 e. The molecule has 0 bridgehead atoms. The molecular weight excluding hydrogens is 246 g/mol. The third-order valence-electron chi connectivity index (χ3n) is 2.69. The van der Waals surface area contributed by atoms with Crippen LogP contribution in [0.4, 0.5) is 0 Å². The zero-order valence-corrected chi connectivity index (χ0v) is 10.7. The molecule has 0 aliphatic heterocycles. The third kappa shape index (κ3) is 2.64. The number of hydrogen-bond donors (Lipinski definition) is 0. The maximum atomic E-state index is 9.08. The van der Waals surface area contributed by atoms with Crippen molar-refractivity contribution in [3.63, 3.8) is 0 Å². The van der Waals surface area contributed by atoms with Gasteiger partial charge in [-0.15, -0.1) is 0 Å². The first-order valence-electron chi connectivity index (χ1n) is 5.55. The first-order chi connectivity index (χ1) is 8.74. The summed E-state index contributed by atoms with van der Waals surface area (Å²) < 4.78 is 5.31. The van der Waals surface area contributed by atoms with E-state index in [1.807, 2.05) is 36.4 Å². The zero-order chi connectivity index (χ0) is 13.0. The Morgan fingerprint density at radius 3 is 2.56 bits per heavy atom. The van der Waals surface area contributed by atoms with Gasteiger partial charge < -0.3 is 4.74 Å². The van der Waals surface area contributed by atoms with E-state index in [0.29, 0.717) is 22.8 Å². The lowest BCUT2D eigenvalue weighted by atomic mass is 10.0. The van der Waals surface area contributed by atoms with Crippen LogP contribution in [0, 0.1) is 11.3 Å². The van der Waals surface area contributed by atoms with Gasteiger partial charge in [-0.2, -0.15) is 5.26 Å². The van der Waals surface area contributed by atoms with Crippen molar-refractivity contribution >= 4 is 11.6 Å². The van der Waals surface area contributed by atoms with Gasteiger partial charge in [0.15, 0.2) is 0 Å². The molecule has 2 aromatic carbocycles. The number of benzene rings is 2. The van der Waals surface area contributed by atoms with Gasteiger partial charge in [-0.05, 0) is 17.7 Å². The first kappa shape index (κ1) is 12.5. The van der Waals surface area contributed by atoms with E-state index in [9.17, 15) is 0 Å². The number of nitriles is 1. The average Bonchev–Trinajstić information content (AvgIpc) is 2.39. The van der Waals surface area contributed by atoms with E-state index in [0.717, 1.165) is 11.1 Å². The summed E-state index contributed by atoms with van der Waals surface area (Å²) in [6.45, 7) is 0. The van der Waals surface area contributed by atoms with Crippen LogP contribution in [0.2, 0.25) is 5.02 Å². The van der Waals surface area contributed by atoms with Crippen LogP contribution in [0.15, 0.2) is 42.5 Å². The Labute approximate surface area is 111 Å². The van der Waals surface area contributed by atoms with Crippen LogP contribution in [0.25, 0.3) is 0 Å². The molecule has 0 atom stereocenters. The SMILES string of the molecule is COc1c(C#N)cc(Cl)cc1Cc1ccccc1. The van der Waals surface area contributed by atoms with Crippen molar-refractivity contribution in [1.82, 2.24) is 0 Å². The topological polar surface area (TPSA) is 33.0 Å². The van der Waals surface area contributed by atoms with E-state index in [4.69, 9.17) is 21.6 Å². The van der Waals surface area contributed by atoms with Gasteiger partial charge in [0, 0.05) is 17.0 Å². The molecule has 0 fully saturated rings. The van der Waals surface area contributed by atoms with Crippen molar-refractivity contribution < 1.29 is 4.74 Å². The summed E-state index contributed by atoms with van der Waals surface area (Å²) in [5.41, 5.74) is 2.55. The number of methoxy groups -OCH3 is 1. The van der Waals surface area contributed by atoms with Crippen molar-refractivity contribution in [3.8, 4) is 11.8 Å². The van der Waals surface area contributed by atoms with Gasteiger partial charge in [0.1, 0.15) is 11.8 Å². The van der Waals surface area contributed by atoms with E-state index in [1.165, 1.54) is 0 Å². The highest BCUT2D eigenvalue weighted by Gasteiger charge is 2.11. The summed E-state index contributed by atoms with van der Waals surface area (Å²) in [7, 11) is 1.57. The molecule has 3 heteroatoms. The summed E-state index contributed by atoms with van der Waals surface area (Å²) in [5.74, 6) is 0.603. The molecule has 0 spiro atoms. The lowest BCUT2D eigenvalue weighted by Crippen LogP contribution is -1.97. The summed E-state index contributed by atoms with van der Waals surface area (Å²) in [6.07, 6.45) is 0.694. The molecule has 0 radical (unpaired) electrons. The minimum Gasteiger partial charge on any atom is -0.495 e. The van der Waals surface area contributed by atoms with E-state index >= 15 is 0 Å². The molecule has 18 heavy (non-hydrogen) atoms. The fraction of sp³-hybridized carbons (Fsp3) is 0.133. The van der Waals surface area contributed by atoms with Crippen LogP contribution >= 0.6 is 11.6 Å². The highest BCUT2D eigenvalue weighted by Crippen LogP contribution is 2.29. The normalized spacial score (nSPS) is 9.83. The zero-order valence-electron chi connectivity index (χ0n) is 9.98. The summed E-state index contributed by atoms with van der Waals surface area (Å²) in [4.78, 5) is 0. The quantitative estimate of drug-likeness (QED) is 0.838. The fourth-order valence-corrected chi connectivity index (χ4v) is 2.16. The molecule has 0 unspecified atom stereocenters. The summed E-state index contributed by atoms with van der Waals surface area (Å²) in [5, 5.41) is 9.63. The number of ether oxygens (including phenoxy) is 1. The molecule has 0 saturated heterocycles. The predicted molar refractivity (Wildman–Crippen MR) is 72.0 cm³/mol. The molecule has 2 rings (SSSR count). The maximum Gasteiger partial charge on any atom is 0.140 e. The Hall–Kier alpha value is -1.98. The Kier molecular flexibility index (Phi) is 3.86. The van der Waals surface area contributed by atoms with Crippen LogP contribution in [0.5, 0.6) is 5.75 Å². The van der Waals surface area contributed by atoms with Crippen LogP contribution in [-0.4, -0.2) is 7.11 Å². The second-order valence-corrected chi connectivity index (χ2v) is 4.36. The highest BCUT2D eigenvalue weighted by molar-refractivity contribution is 6.30. The number of rotatable bonds is 3. The molecular formula is C15H12ClNO. The van der Waals surface area contributed by atoms with E-state index in [1.54, 1.807) is 13.2 Å². The Morgan fingerprint density at radius 1 is 1.22 bits per heavy atom. The number of nitrogens with zero attached hydrogens (tertiary/aromatic N) is 1. The van der Waals surface area contributed by atoms with Gasteiger partial charge >= 0.3 is 0 Å². The minimum absolute atomic E-state index is 0.468. The molecule has 0 N–H and O–H groups in total. The lowest BCUT2D eigenvalue weighted by molar-refractivity contribution is 0.409. The molecule has 0 heterocycles. The Morgan fingerprint density at radius 2 is 1.94 bits per heavy atom. The Balaban J connectivity index is 2.44. The summed E-state index contributed by atoms with van der Waals surface area (Å²) in [6, 6.07) is 15.6. The molecule has 0 amide bonds. The lowest BCUT2D eigenvalue weighted by Gasteiger charge is -2.11. The van der Waals surface area contributed by atoms with Gasteiger partial charge in [0.2, 0.25) is 0 Å². The predicted octanol–water partition coefficient (Wildman–Crippen LogP) is 3.81. The molecule has 2 aromatic rings. The van der Waals surface area contributed by atoms with Crippen molar-refractivity contribution in [2.75, 3.05) is 7.11 Å². The molecule has 0 aromatic heterocycles. The molecule has 0 aliphatic carbocycles. The number of hydrogen-bond acceptors (Lipinski definition) is 2. The van der Waals surface area contributed by atoms with E-state index < -0.39 is 0 Å². The first-order valence-corrected chi connectivity index (χ1v) is 5.93. The molecule has 0 aliphatic rings. The van der Waals surface area contributed by atoms with E-state index in [2.05, 4.69) is 6.07 Å². The van der Waals surface area contributed by atoms with Crippen molar-refractivity contribution in [2.45, 2.75) is 6.42 Å². The molecule has 90 valence electrons. The number of halogens is 1. The van der Waals surface area contributed by atoms with Gasteiger partial charge in [0.05, 0.1) is 12.7 Å². The van der Waals surface area contributed by atoms with Crippen molar-refractivity contribution in [2.24, 2.45) is 0 Å². The third-order valence-corrected chi connectivity index (χ3v) is 2.91. The largest absolute Gasteiger partial charge is 0.495 e. The van der Waals surface area contributed by atoms with Crippen LogP contribution in [0.3, 0.4) is 0 Å². The van der Waals surface area contributed by atoms with Gasteiger partial charge in [-0.25, -0.2) is 0 Å². The van der Waals surface area contributed by atoms with Gasteiger partial charge in [-0.1, -0.05) is 41.9 Å². The molecule has 2 nitrogen and oxygen atoms in total. The monoisotopic (exact) mass is 257 g/mol. The minimum atomic E-state index is 0.468. The highest BCUT2D eigenvalue weighted by atomic mass is 35.5. The standard InChI is InChI=1S/C15H12ClNO/c1-18-15-12(7-11-5-3-2-4-6-11)8-14(16)9-13(15)10-17/h2-6,8-9H,7H2,1H3. The van der Waals surface area contributed by atoms with Crippen LogP contribution < -0.4 is 4.74 Å². The maximum absolute atomic E-state index is 9.08. The Bertz CT molecular complexity index is 587.